The van der Waals surface area contributed by atoms with E-state index in [1.54, 1.807) is 0 Å². The van der Waals surface area contributed by atoms with Gasteiger partial charge in [0.15, 0.2) is 0 Å². The summed E-state index contributed by atoms with van der Waals surface area (Å²) in [6, 6.07) is 9.26. The van der Waals surface area contributed by atoms with Gasteiger partial charge in [-0.2, -0.15) is 26.3 Å². The van der Waals surface area contributed by atoms with Crippen LogP contribution in [0.2, 0.25) is 0 Å². The highest BCUT2D eigenvalue weighted by Gasteiger charge is 2.71. The molecule has 1 aromatic heterocycles. The van der Waals surface area contributed by atoms with E-state index in [1.165, 1.54) is 30.5 Å². The normalized spacial score (nSPS) is 21.3. The summed E-state index contributed by atoms with van der Waals surface area (Å²) in [5.41, 5.74) is -2.62. The number of amides is 1. The molecule has 0 aliphatic heterocycles. The topological polar surface area (TPSA) is 82.2 Å². The van der Waals surface area contributed by atoms with Gasteiger partial charge in [-0.15, -0.1) is 0 Å². The van der Waals surface area contributed by atoms with Crippen LogP contribution in [0.1, 0.15) is 40.7 Å². The number of H-pyrrole nitrogens is 1. The second-order valence-corrected chi connectivity index (χ2v) is 12.3. The number of carboxylic acids is 1. The second-order valence-electron chi connectivity index (χ2n) is 11.2. The Kier molecular flexibility index (Phi) is 6.60. The van der Waals surface area contributed by atoms with E-state index >= 15 is 0 Å². The fourth-order valence-corrected chi connectivity index (χ4v) is 7.21. The molecule has 5 nitrogen and oxygen atoms in total. The molecule has 1 heterocycles. The van der Waals surface area contributed by atoms with Gasteiger partial charge in [-0.1, -0.05) is 17.8 Å². The first kappa shape index (κ1) is 29.1. The molecule has 0 radical (unpaired) electrons. The molecule has 4 aromatic rings. The quantitative estimate of drug-likeness (QED) is 0.182. The lowest BCUT2D eigenvalue weighted by Crippen LogP contribution is -2.68. The van der Waals surface area contributed by atoms with Crippen LogP contribution in [0.25, 0.3) is 22.0 Å². The number of alkyl halides is 6. The minimum Gasteiger partial charge on any atom is -0.481 e. The summed E-state index contributed by atoms with van der Waals surface area (Å²) in [4.78, 5) is 28.6. The number of nitrogens with one attached hydrogen (secondary N) is 2. The Morgan fingerprint density at radius 1 is 0.907 bits per heavy atom. The maximum Gasteiger partial charge on any atom is 0.416 e. The zero-order valence-corrected chi connectivity index (χ0v) is 22.7. The van der Waals surface area contributed by atoms with Crippen molar-refractivity contribution in [2.45, 2.75) is 41.4 Å². The van der Waals surface area contributed by atoms with E-state index in [4.69, 9.17) is 0 Å². The molecular weight excluding hydrogens is 601 g/mol. The first-order chi connectivity index (χ1) is 20.1. The lowest BCUT2D eigenvalue weighted by atomic mass is 9.35. The van der Waals surface area contributed by atoms with Crippen molar-refractivity contribution in [3.05, 3.63) is 83.3 Å². The number of rotatable bonds is 7. The zero-order chi connectivity index (χ0) is 30.9. The number of hydrogen-bond acceptors (Lipinski definition) is 3. The van der Waals surface area contributed by atoms with Crippen LogP contribution in [0.5, 0.6) is 0 Å². The van der Waals surface area contributed by atoms with E-state index in [1.807, 2.05) is 0 Å². The Balaban J connectivity index is 1.37. The van der Waals surface area contributed by atoms with Crippen molar-refractivity contribution in [3.63, 3.8) is 0 Å². The SMILES string of the molecule is O=C(NCC12CC(C(=O)O)(C1)C2)c1ccc(-c2cc(F)cc(C(F)(F)F)c2)c2[nH]cc(Sc3ccc(C(F)(F)F)cc3)c12. The standard InChI is InChI=1S/C30H21F7N2O3S/c31-18-8-15(7-17(9-18)30(35,36)37)20-5-6-21(25(40)39-14-27-11-28(12-27,13-27)26(41)42)23-22(10-38-24(20)23)43-19-3-1-16(2-4-19)29(32,33)34/h1-10,38H,11-14H2,(H,39,40)(H,41,42). The monoisotopic (exact) mass is 622 g/mol. The molecule has 0 atom stereocenters. The second kappa shape index (κ2) is 9.76. The predicted molar refractivity (Wildman–Crippen MR) is 143 cm³/mol. The molecule has 0 unspecified atom stereocenters. The van der Waals surface area contributed by atoms with Crippen LogP contribution in [0.15, 0.2) is 70.6 Å². The number of carboxylic acid groups (broad SMARTS) is 1. The van der Waals surface area contributed by atoms with Crippen LogP contribution in [0.3, 0.4) is 0 Å². The van der Waals surface area contributed by atoms with E-state index in [0.29, 0.717) is 35.1 Å². The Hall–Kier alpha value is -4.00. The van der Waals surface area contributed by atoms with Crippen molar-refractivity contribution >= 4 is 34.5 Å². The summed E-state index contributed by atoms with van der Waals surface area (Å²) in [5.74, 6) is -2.49. The molecule has 3 N–H and O–H groups in total. The van der Waals surface area contributed by atoms with Gasteiger partial charge in [0, 0.05) is 39.0 Å². The van der Waals surface area contributed by atoms with Crippen LogP contribution in [0, 0.1) is 16.6 Å². The van der Waals surface area contributed by atoms with Crippen LogP contribution >= 0.6 is 11.8 Å². The molecule has 3 saturated carbocycles. The van der Waals surface area contributed by atoms with Gasteiger partial charge in [0.05, 0.1) is 22.1 Å². The third-order valence-electron chi connectivity index (χ3n) is 8.21. The average Bonchev–Trinajstić information content (AvgIpc) is 3.28. The van der Waals surface area contributed by atoms with Gasteiger partial charge in [-0.05, 0) is 78.8 Å². The van der Waals surface area contributed by atoms with Crippen molar-refractivity contribution in [2.75, 3.05) is 6.54 Å². The molecule has 0 saturated heterocycles. The van der Waals surface area contributed by atoms with Crippen LogP contribution in [-0.4, -0.2) is 28.5 Å². The number of aromatic amines is 1. The highest BCUT2D eigenvalue weighted by molar-refractivity contribution is 7.99. The van der Waals surface area contributed by atoms with E-state index in [-0.39, 0.29) is 39.6 Å². The Morgan fingerprint density at radius 2 is 1.56 bits per heavy atom. The number of carbonyl (C=O) groups excluding carboxylic acids is 1. The predicted octanol–water partition coefficient (Wildman–Crippen LogP) is 8.15. The van der Waals surface area contributed by atoms with Gasteiger partial charge < -0.3 is 15.4 Å². The Morgan fingerprint density at radius 3 is 2.16 bits per heavy atom. The minimum atomic E-state index is -4.81. The van der Waals surface area contributed by atoms with Crippen molar-refractivity contribution in [1.29, 1.82) is 0 Å². The maximum absolute atomic E-state index is 14.3. The first-order valence-corrected chi connectivity index (χ1v) is 13.8. The van der Waals surface area contributed by atoms with Gasteiger partial charge >= 0.3 is 18.3 Å². The maximum atomic E-state index is 14.3. The van der Waals surface area contributed by atoms with Gasteiger partial charge in [0.1, 0.15) is 5.82 Å². The van der Waals surface area contributed by atoms with Crippen LogP contribution in [-0.2, 0) is 17.1 Å². The molecule has 3 aliphatic carbocycles. The van der Waals surface area contributed by atoms with E-state index in [0.717, 1.165) is 36.0 Å². The smallest absolute Gasteiger partial charge is 0.416 e. The summed E-state index contributed by atoms with van der Waals surface area (Å²) >= 11 is 1.04. The number of hydrogen-bond donors (Lipinski definition) is 3. The number of aliphatic carboxylic acids is 1. The Labute approximate surface area is 243 Å². The van der Waals surface area contributed by atoms with Gasteiger partial charge in [0.25, 0.3) is 5.91 Å². The molecule has 3 aliphatic rings. The molecule has 3 aromatic carbocycles. The highest BCUT2D eigenvalue weighted by Crippen LogP contribution is 2.73. The number of carbonyl (C=O) groups is 2. The van der Waals surface area contributed by atoms with E-state index in [2.05, 4.69) is 10.3 Å². The minimum absolute atomic E-state index is 0.0925. The molecule has 3 fully saturated rings. The molecular formula is C30H21F7N2O3S. The molecule has 13 heteroatoms. The van der Waals surface area contributed by atoms with E-state index in [9.17, 15) is 45.4 Å². The van der Waals surface area contributed by atoms with Gasteiger partial charge in [0.2, 0.25) is 0 Å². The molecule has 2 bridgehead atoms. The van der Waals surface area contributed by atoms with Crippen LogP contribution < -0.4 is 5.32 Å². The molecule has 0 spiro atoms. The lowest BCUT2D eigenvalue weighted by molar-refractivity contribution is -0.219. The number of halogens is 7. The zero-order valence-electron chi connectivity index (χ0n) is 21.9. The van der Waals surface area contributed by atoms with Crippen LogP contribution in [0.4, 0.5) is 30.7 Å². The first-order valence-electron chi connectivity index (χ1n) is 13.0. The molecule has 43 heavy (non-hydrogen) atoms. The number of aromatic nitrogens is 1. The fraction of sp³-hybridized carbons (Fsp3) is 0.267. The van der Waals surface area contributed by atoms with Crippen molar-refractivity contribution in [1.82, 2.24) is 10.3 Å². The van der Waals surface area contributed by atoms with Crippen molar-refractivity contribution < 1.29 is 45.4 Å². The highest BCUT2D eigenvalue weighted by atomic mass is 32.2. The lowest BCUT2D eigenvalue weighted by Gasteiger charge is -2.68. The third kappa shape index (κ3) is 5.13. The average molecular weight is 623 g/mol. The van der Waals surface area contributed by atoms with Gasteiger partial charge in [-0.3, -0.25) is 9.59 Å². The summed E-state index contributed by atoms with van der Waals surface area (Å²) in [6.45, 7) is 0.231. The number of fused-ring (bicyclic) bond motifs is 1. The molecule has 7 rings (SSSR count). The van der Waals surface area contributed by atoms with Crippen molar-refractivity contribution in [2.24, 2.45) is 10.8 Å². The molecule has 224 valence electrons. The summed E-state index contributed by atoms with van der Waals surface area (Å²) in [5, 5.41) is 12.5. The van der Waals surface area contributed by atoms with Crippen molar-refractivity contribution in [3.8, 4) is 11.1 Å². The summed E-state index contributed by atoms with van der Waals surface area (Å²) in [7, 11) is 0. The van der Waals surface area contributed by atoms with E-state index < -0.39 is 46.6 Å². The van der Waals surface area contributed by atoms with Gasteiger partial charge in [-0.25, -0.2) is 4.39 Å². The summed E-state index contributed by atoms with van der Waals surface area (Å²) < 4.78 is 93.8. The summed E-state index contributed by atoms with van der Waals surface area (Å²) in [6.07, 6.45) is -6.52. The number of benzene rings is 3. The fourth-order valence-electron chi connectivity index (χ4n) is 6.25. The molecule has 1 amide bonds. The largest absolute Gasteiger partial charge is 0.481 e. The Bertz CT molecular complexity index is 1760. The third-order valence-corrected chi connectivity index (χ3v) is 9.26.